The number of hydrogen-bond acceptors (Lipinski definition) is 3. The molecule has 1 saturated heterocycles. The summed E-state index contributed by atoms with van der Waals surface area (Å²) in [7, 11) is 3.69. The van der Waals surface area contributed by atoms with Gasteiger partial charge in [0.2, 0.25) is 0 Å². The molecule has 1 aromatic rings. The highest BCUT2D eigenvalue weighted by molar-refractivity contribution is 5.35. The predicted molar refractivity (Wildman–Crippen MR) is 63.7 cm³/mol. The zero-order valence-corrected chi connectivity index (χ0v) is 9.90. The largest absolute Gasteiger partial charge is 0.496 e. The summed E-state index contributed by atoms with van der Waals surface area (Å²) in [6.07, 6.45) is 1.28. The third-order valence-electron chi connectivity index (χ3n) is 3.13. The molecule has 1 aliphatic heterocycles. The number of ether oxygens (including phenoxy) is 2. The van der Waals surface area contributed by atoms with Crippen LogP contribution in [0.25, 0.3) is 0 Å². The fourth-order valence-electron chi connectivity index (χ4n) is 2.35. The SMILES string of the molecule is CNCC1CCOC1c1ccccc1OC. The van der Waals surface area contributed by atoms with Crippen molar-refractivity contribution in [3.05, 3.63) is 29.8 Å². The average molecular weight is 221 g/mol. The van der Waals surface area contributed by atoms with Crippen molar-refractivity contribution in [3.63, 3.8) is 0 Å². The van der Waals surface area contributed by atoms with Crippen LogP contribution >= 0.6 is 0 Å². The van der Waals surface area contributed by atoms with Crippen LogP contribution in [0, 0.1) is 5.92 Å². The second-order valence-corrected chi connectivity index (χ2v) is 4.14. The molecule has 0 bridgehead atoms. The molecule has 3 heteroatoms. The topological polar surface area (TPSA) is 30.5 Å². The highest BCUT2D eigenvalue weighted by Crippen LogP contribution is 2.38. The maximum atomic E-state index is 5.83. The lowest BCUT2D eigenvalue weighted by Crippen LogP contribution is -2.21. The molecular weight excluding hydrogens is 202 g/mol. The molecular formula is C13H19NO2. The number of hydrogen-bond donors (Lipinski definition) is 1. The van der Waals surface area contributed by atoms with E-state index in [0.29, 0.717) is 5.92 Å². The van der Waals surface area contributed by atoms with Crippen LogP contribution in [0.4, 0.5) is 0 Å². The van der Waals surface area contributed by atoms with Crippen LogP contribution in [-0.2, 0) is 4.74 Å². The van der Waals surface area contributed by atoms with Crippen LogP contribution in [0.1, 0.15) is 18.1 Å². The van der Waals surface area contributed by atoms with Gasteiger partial charge < -0.3 is 14.8 Å². The van der Waals surface area contributed by atoms with Crippen molar-refractivity contribution in [1.29, 1.82) is 0 Å². The van der Waals surface area contributed by atoms with Crippen LogP contribution < -0.4 is 10.1 Å². The molecule has 3 nitrogen and oxygen atoms in total. The van der Waals surface area contributed by atoms with Crippen molar-refractivity contribution in [1.82, 2.24) is 5.32 Å². The first-order valence-electron chi connectivity index (χ1n) is 5.76. The lowest BCUT2D eigenvalue weighted by atomic mass is 9.94. The summed E-state index contributed by atoms with van der Waals surface area (Å²) < 4.78 is 11.2. The number of benzene rings is 1. The van der Waals surface area contributed by atoms with Gasteiger partial charge in [-0.1, -0.05) is 18.2 Å². The number of nitrogens with one attached hydrogen (secondary N) is 1. The van der Waals surface area contributed by atoms with Gasteiger partial charge in [-0.3, -0.25) is 0 Å². The van der Waals surface area contributed by atoms with Gasteiger partial charge in [0.15, 0.2) is 0 Å². The van der Waals surface area contributed by atoms with Crippen LogP contribution in [0.5, 0.6) is 5.75 Å². The summed E-state index contributed by atoms with van der Waals surface area (Å²) in [6.45, 7) is 1.83. The van der Waals surface area contributed by atoms with E-state index in [9.17, 15) is 0 Å². The third-order valence-corrected chi connectivity index (χ3v) is 3.13. The molecule has 88 valence electrons. The van der Waals surface area contributed by atoms with E-state index in [4.69, 9.17) is 9.47 Å². The van der Waals surface area contributed by atoms with Gasteiger partial charge >= 0.3 is 0 Å². The van der Waals surface area contributed by atoms with E-state index in [2.05, 4.69) is 11.4 Å². The molecule has 1 heterocycles. The van der Waals surface area contributed by atoms with Crippen LogP contribution in [0.2, 0.25) is 0 Å². The van der Waals surface area contributed by atoms with Crippen LogP contribution in [0.15, 0.2) is 24.3 Å². The summed E-state index contributed by atoms with van der Waals surface area (Å²) in [4.78, 5) is 0. The van der Waals surface area contributed by atoms with E-state index in [1.54, 1.807) is 7.11 Å². The molecule has 2 unspecified atom stereocenters. The zero-order valence-electron chi connectivity index (χ0n) is 9.90. The second kappa shape index (κ2) is 5.32. The van der Waals surface area contributed by atoms with Crippen molar-refractivity contribution < 1.29 is 9.47 Å². The molecule has 0 aromatic heterocycles. The predicted octanol–water partition coefficient (Wildman–Crippen LogP) is 1.99. The Labute approximate surface area is 96.8 Å². The standard InChI is InChI=1S/C13H19NO2/c1-14-9-10-7-8-16-13(10)11-5-3-4-6-12(11)15-2/h3-6,10,13-14H,7-9H2,1-2H3. The van der Waals surface area contributed by atoms with E-state index in [-0.39, 0.29) is 6.10 Å². The molecule has 1 fully saturated rings. The highest BCUT2D eigenvalue weighted by Gasteiger charge is 2.30. The summed E-state index contributed by atoms with van der Waals surface area (Å²) in [5.74, 6) is 1.47. The fraction of sp³-hybridized carbons (Fsp3) is 0.538. The molecule has 1 N–H and O–H groups in total. The zero-order chi connectivity index (χ0) is 11.4. The molecule has 0 radical (unpaired) electrons. The quantitative estimate of drug-likeness (QED) is 0.843. The first kappa shape index (κ1) is 11.4. The lowest BCUT2D eigenvalue weighted by Gasteiger charge is -2.20. The molecule has 1 aliphatic rings. The minimum atomic E-state index is 0.170. The molecule has 2 rings (SSSR count). The summed E-state index contributed by atoms with van der Waals surface area (Å²) in [5, 5.41) is 3.23. The van der Waals surface area contributed by atoms with Crippen LogP contribution in [-0.4, -0.2) is 27.3 Å². The van der Waals surface area contributed by atoms with Gasteiger partial charge in [0.05, 0.1) is 13.2 Å². The van der Waals surface area contributed by atoms with Gasteiger partial charge in [-0.25, -0.2) is 0 Å². The average Bonchev–Trinajstić information content (AvgIpc) is 2.77. The molecule has 2 atom stereocenters. The summed E-state index contributed by atoms with van der Waals surface area (Å²) in [6, 6.07) is 8.12. The number of para-hydroxylation sites is 1. The Balaban J connectivity index is 2.21. The van der Waals surface area contributed by atoms with E-state index in [1.807, 2.05) is 25.2 Å². The Morgan fingerprint density at radius 2 is 2.25 bits per heavy atom. The van der Waals surface area contributed by atoms with Gasteiger partial charge in [-0.2, -0.15) is 0 Å². The monoisotopic (exact) mass is 221 g/mol. The van der Waals surface area contributed by atoms with Crippen molar-refractivity contribution in [2.24, 2.45) is 5.92 Å². The lowest BCUT2D eigenvalue weighted by molar-refractivity contribution is 0.0887. The number of rotatable bonds is 4. The van der Waals surface area contributed by atoms with E-state index >= 15 is 0 Å². The minimum Gasteiger partial charge on any atom is -0.496 e. The normalized spacial score (nSPS) is 24.6. The smallest absolute Gasteiger partial charge is 0.124 e. The highest BCUT2D eigenvalue weighted by atomic mass is 16.5. The van der Waals surface area contributed by atoms with E-state index in [1.165, 1.54) is 5.56 Å². The maximum absolute atomic E-state index is 5.83. The molecule has 0 aliphatic carbocycles. The minimum absolute atomic E-state index is 0.170. The van der Waals surface area contributed by atoms with Crippen molar-refractivity contribution in [2.45, 2.75) is 12.5 Å². The Bertz CT molecular complexity index is 340. The van der Waals surface area contributed by atoms with Crippen molar-refractivity contribution in [2.75, 3.05) is 27.3 Å². The molecule has 1 aromatic carbocycles. The Kier molecular flexibility index (Phi) is 3.80. The molecule has 0 spiro atoms. The molecule has 0 saturated carbocycles. The van der Waals surface area contributed by atoms with Gasteiger partial charge in [-0.05, 0) is 19.5 Å². The molecule has 0 amide bonds. The van der Waals surface area contributed by atoms with Crippen LogP contribution in [0.3, 0.4) is 0 Å². The first-order chi connectivity index (χ1) is 7.86. The Morgan fingerprint density at radius 1 is 1.44 bits per heavy atom. The van der Waals surface area contributed by atoms with Gasteiger partial charge in [0, 0.05) is 24.6 Å². The Morgan fingerprint density at radius 3 is 3.00 bits per heavy atom. The van der Waals surface area contributed by atoms with Gasteiger partial charge in [-0.15, -0.1) is 0 Å². The summed E-state index contributed by atoms with van der Waals surface area (Å²) in [5.41, 5.74) is 1.17. The van der Waals surface area contributed by atoms with E-state index in [0.717, 1.165) is 25.3 Å². The number of methoxy groups -OCH3 is 1. The maximum Gasteiger partial charge on any atom is 0.124 e. The van der Waals surface area contributed by atoms with Gasteiger partial charge in [0.25, 0.3) is 0 Å². The first-order valence-corrected chi connectivity index (χ1v) is 5.76. The third kappa shape index (κ3) is 2.20. The molecule has 16 heavy (non-hydrogen) atoms. The Hall–Kier alpha value is -1.06. The second-order valence-electron chi connectivity index (χ2n) is 4.14. The fourth-order valence-corrected chi connectivity index (χ4v) is 2.35. The van der Waals surface area contributed by atoms with Crippen molar-refractivity contribution in [3.8, 4) is 5.75 Å². The summed E-state index contributed by atoms with van der Waals surface area (Å²) >= 11 is 0. The van der Waals surface area contributed by atoms with Gasteiger partial charge in [0.1, 0.15) is 5.75 Å². The van der Waals surface area contributed by atoms with E-state index < -0.39 is 0 Å². The van der Waals surface area contributed by atoms with Crippen molar-refractivity contribution >= 4 is 0 Å².